The number of hydrogen-bond acceptors (Lipinski definition) is 3. The minimum atomic E-state index is -0.431. The molecule has 1 aliphatic carbocycles. The molecule has 0 radical (unpaired) electrons. The maximum atomic E-state index is 12.4. The van der Waals surface area contributed by atoms with E-state index in [1.807, 2.05) is 30.3 Å². The monoisotopic (exact) mass is 341 g/mol. The van der Waals surface area contributed by atoms with Gasteiger partial charge in [0.1, 0.15) is 0 Å². The number of Topliss-reactive ketones (excluding diaryl/α,β-unsaturated/α-hetero) is 1. The molecule has 0 saturated heterocycles. The Hall–Kier alpha value is -2.46. The first-order chi connectivity index (χ1) is 11.5. The summed E-state index contributed by atoms with van der Waals surface area (Å²) >= 11 is 5.95. The van der Waals surface area contributed by atoms with Crippen molar-refractivity contribution in [2.75, 3.05) is 0 Å². The van der Waals surface area contributed by atoms with Crippen LogP contribution < -0.4 is 0 Å². The number of carbonyl (C=O) groups is 1. The number of halogens is 1. The molecular formula is C19H16ClNO3. The molecule has 0 amide bonds. The van der Waals surface area contributed by atoms with Crippen LogP contribution in [0, 0.1) is 10.1 Å². The number of allylic oxidation sites excluding steroid dienone is 1. The molecular weight excluding hydrogens is 326 g/mol. The van der Waals surface area contributed by atoms with Gasteiger partial charge in [0, 0.05) is 35.1 Å². The first-order valence-electron chi connectivity index (χ1n) is 7.79. The van der Waals surface area contributed by atoms with Crippen molar-refractivity contribution in [1.82, 2.24) is 0 Å². The predicted molar refractivity (Wildman–Crippen MR) is 94.1 cm³/mol. The van der Waals surface area contributed by atoms with Crippen molar-refractivity contribution in [3.63, 3.8) is 0 Å². The topological polar surface area (TPSA) is 60.2 Å². The molecule has 1 saturated carbocycles. The van der Waals surface area contributed by atoms with Gasteiger partial charge < -0.3 is 0 Å². The van der Waals surface area contributed by atoms with E-state index in [0.717, 1.165) is 29.5 Å². The number of nitro groups is 1. The van der Waals surface area contributed by atoms with Gasteiger partial charge in [-0.15, -0.1) is 0 Å². The van der Waals surface area contributed by atoms with Crippen LogP contribution in [0.2, 0.25) is 5.02 Å². The van der Waals surface area contributed by atoms with Gasteiger partial charge in [-0.1, -0.05) is 23.7 Å². The summed E-state index contributed by atoms with van der Waals surface area (Å²) in [5.74, 6) is 0.179. The van der Waals surface area contributed by atoms with Gasteiger partial charge >= 0.3 is 0 Å². The smallest absolute Gasteiger partial charge is 0.269 e. The third-order valence-electron chi connectivity index (χ3n) is 4.29. The summed E-state index contributed by atoms with van der Waals surface area (Å²) in [6.45, 7) is 0. The van der Waals surface area contributed by atoms with E-state index in [9.17, 15) is 14.9 Å². The first-order valence-corrected chi connectivity index (χ1v) is 8.17. The van der Waals surface area contributed by atoms with E-state index in [1.165, 1.54) is 12.1 Å². The molecule has 2 aromatic rings. The van der Waals surface area contributed by atoms with E-state index in [2.05, 4.69) is 0 Å². The summed E-state index contributed by atoms with van der Waals surface area (Å²) in [7, 11) is 0. The minimum Gasteiger partial charge on any atom is -0.295 e. The average molecular weight is 342 g/mol. The van der Waals surface area contributed by atoms with Crippen molar-refractivity contribution in [3.8, 4) is 0 Å². The van der Waals surface area contributed by atoms with Gasteiger partial charge in [0.25, 0.3) is 5.69 Å². The van der Waals surface area contributed by atoms with Gasteiger partial charge in [-0.2, -0.15) is 0 Å². The van der Waals surface area contributed by atoms with Gasteiger partial charge in [-0.3, -0.25) is 14.9 Å². The highest BCUT2D eigenvalue weighted by Gasteiger charge is 2.26. The molecule has 1 atom stereocenters. The SMILES string of the molecule is O=C1CCC[C@H](c2ccc(Cl)cc2)/C1=C\c1ccc([N+](=O)[O-])cc1. The van der Waals surface area contributed by atoms with Crippen LogP contribution >= 0.6 is 11.6 Å². The van der Waals surface area contributed by atoms with Crippen LogP contribution in [-0.4, -0.2) is 10.7 Å². The van der Waals surface area contributed by atoms with E-state index < -0.39 is 4.92 Å². The van der Waals surface area contributed by atoms with E-state index >= 15 is 0 Å². The van der Waals surface area contributed by atoms with Crippen LogP contribution in [0.1, 0.15) is 36.3 Å². The number of ketones is 1. The summed E-state index contributed by atoms with van der Waals surface area (Å²) in [5, 5.41) is 11.4. The molecule has 2 aromatic carbocycles. The quantitative estimate of drug-likeness (QED) is 0.439. The van der Waals surface area contributed by atoms with Crippen molar-refractivity contribution in [1.29, 1.82) is 0 Å². The molecule has 122 valence electrons. The molecule has 1 aliphatic rings. The summed E-state index contributed by atoms with van der Waals surface area (Å²) in [6.07, 6.45) is 4.17. The van der Waals surface area contributed by atoms with Crippen LogP contribution in [0.25, 0.3) is 6.08 Å². The second-order valence-corrected chi connectivity index (χ2v) is 6.30. The Morgan fingerprint density at radius 1 is 1.08 bits per heavy atom. The molecule has 0 N–H and O–H groups in total. The summed E-state index contributed by atoms with van der Waals surface area (Å²) in [4.78, 5) is 22.7. The number of rotatable bonds is 3. The number of benzene rings is 2. The van der Waals surface area contributed by atoms with Crippen LogP contribution in [-0.2, 0) is 4.79 Å². The minimum absolute atomic E-state index is 0.0405. The Labute approximate surface area is 144 Å². The largest absolute Gasteiger partial charge is 0.295 e. The molecule has 0 aliphatic heterocycles. The van der Waals surface area contributed by atoms with Gasteiger partial charge in [0.2, 0.25) is 0 Å². The Morgan fingerprint density at radius 3 is 2.38 bits per heavy atom. The predicted octanol–water partition coefficient (Wildman–Crippen LogP) is 5.17. The fourth-order valence-electron chi connectivity index (χ4n) is 3.06. The molecule has 0 bridgehead atoms. The molecule has 24 heavy (non-hydrogen) atoms. The maximum absolute atomic E-state index is 12.4. The zero-order chi connectivity index (χ0) is 17.1. The molecule has 3 rings (SSSR count). The highest BCUT2D eigenvalue weighted by Crippen LogP contribution is 2.37. The van der Waals surface area contributed by atoms with Gasteiger partial charge in [-0.05, 0) is 54.3 Å². The average Bonchev–Trinajstić information content (AvgIpc) is 2.58. The summed E-state index contributed by atoms with van der Waals surface area (Å²) < 4.78 is 0. The molecule has 0 heterocycles. The highest BCUT2D eigenvalue weighted by atomic mass is 35.5. The van der Waals surface area contributed by atoms with Crippen molar-refractivity contribution in [3.05, 3.63) is 80.4 Å². The van der Waals surface area contributed by atoms with Gasteiger partial charge in [0.05, 0.1) is 4.92 Å². The van der Waals surface area contributed by atoms with E-state index in [1.54, 1.807) is 12.1 Å². The number of carbonyl (C=O) groups excluding carboxylic acids is 1. The number of non-ortho nitro benzene ring substituents is 1. The lowest BCUT2D eigenvalue weighted by Gasteiger charge is -2.25. The lowest BCUT2D eigenvalue weighted by atomic mass is 9.78. The van der Waals surface area contributed by atoms with Crippen molar-refractivity contribution in [2.45, 2.75) is 25.2 Å². The van der Waals surface area contributed by atoms with Crippen molar-refractivity contribution < 1.29 is 9.72 Å². The van der Waals surface area contributed by atoms with Crippen molar-refractivity contribution in [2.24, 2.45) is 0 Å². The van der Waals surface area contributed by atoms with Gasteiger partial charge in [0.15, 0.2) is 5.78 Å². The molecule has 0 aromatic heterocycles. The number of hydrogen-bond donors (Lipinski definition) is 0. The summed E-state index contributed by atoms with van der Waals surface area (Å²) in [6, 6.07) is 13.8. The number of nitro benzene ring substituents is 1. The Bertz CT molecular complexity index is 794. The lowest BCUT2D eigenvalue weighted by Crippen LogP contribution is -2.17. The lowest BCUT2D eigenvalue weighted by molar-refractivity contribution is -0.384. The fourth-order valence-corrected chi connectivity index (χ4v) is 3.18. The molecule has 0 unspecified atom stereocenters. The zero-order valence-electron chi connectivity index (χ0n) is 12.9. The van der Waals surface area contributed by atoms with Crippen LogP contribution in [0.15, 0.2) is 54.1 Å². The normalized spacial score (nSPS) is 19.5. The Morgan fingerprint density at radius 2 is 1.75 bits per heavy atom. The zero-order valence-corrected chi connectivity index (χ0v) is 13.7. The third kappa shape index (κ3) is 3.54. The van der Waals surface area contributed by atoms with Crippen LogP contribution in [0.3, 0.4) is 0 Å². The fraction of sp³-hybridized carbons (Fsp3) is 0.211. The van der Waals surface area contributed by atoms with Crippen LogP contribution in [0.5, 0.6) is 0 Å². The Balaban J connectivity index is 1.95. The summed E-state index contributed by atoms with van der Waals surface area (Å²) in [5.41, 5.74) is 2.67. The molecule has 4 nitrogen and oxygen atoms in total. The molecule has 1 fully saturated rings. The van der Waals surface area contributed by atoms with E-state index in [4.69, 9.17) is 11.6 Å². The molecule has 0 spiro atoms. The van der Waals surface area contributed by atoms with E-state index in [-0.39, 0.29) is 17.4 Å². The first kappa shape index (κ1) is 16.4. The second-order valence-electron chi connectivity index (χ2n) is 5.87. The van der Waals surface area contributed by atoms with Crippen LogP contribution in [0.4, 0.5) is 5.69 Å². The second kappa shape index (κ2) is 6.97. The van der Waals surface area contributed by atoms with E-state index in [0.29, 0.717) is 11.4 Å². The highest BCUT2D eigenvalue weighted by molar-refractivity contribution is 6.30. The third-order valence-corrected chi connectivity index (χ3v) is 4.54. The Kier molecular flexibility index (Phi) is 4.76. The van der Waals surface area contributed by atoms with Crippen molar-refractivity contribution >= 4 is 29.1 Å². The molecule has 5 heteroatoms. The van der Waals surface area contributed by atoms with Gasteiger partial charge in [-0.25, -0.2) is 0 Å². The maximum Gasteiger partial charge on any atom is 0.269 e. The number of nitrogens with zero attached hydrogens (tertiary/aromatic N) is 1. The standard InChI is InChI=1S/C19H16ClNO3/c20-15-8-6-14(7-9-15)17-2-1-3-19(22)18(17)12-13-4-10-16(11-5-13)21(23)24/h4-12,17H,1-3H2/b18-12+/t17-/m1/s1.